The summed E-state index contributed by atoms with van der Waals surface area (Å²) in [7, 11) is 3.19. The Morgan fingerprint density at radius 2 is 1.58 bits per heavy atom. The second-order valence-electron chi connectivity index (χ2n) is 9.32. The van der Waals surface area contributed by atoms with Gasteiger partial charge in [-0.15, -0.1) is 0 Å². The van der Waals surface area contributed by atoms with Crippen molar-refractivity contribution in [1.29, 1.82) is 0 Å². The summed E-state index contributed by atoms with van der Waals surface area (Å²) >= 11 is 0. The number of hydrogen-bond acceptors (Lipinski definition) is 7. The summed E-state index contributed by atoms with van der Waals surface area (Å²) in [6.07, 6.45) is 5.00. The average molecular weight is 482 g/mol. The molecule has 3 aromatic heterocycles. The van der Waals surface area contributed by atoms with E-state index in [2.05, 4.69) is 41.8 Å². The second kappa shape index (κ2) is 9.30. The molecule has 0 unspecified atom stereocenters. The third kappa shape index (κ3) is 4.45. The summed E-state index contributed by atoms with van der Waals surface area (Å²) in [6.45, 7) is 6.46. The highest BCUT2D eigenvalue weighted by Crippen LogP contribution is 2.37. The second-order valence-corrected chi connectivity index (χ2v) is 9.32. The molecule has 0 aliphatic rings. The van der Waals surface area contributed by atoms with Crippen LogP contribution in [0.25, 0.3) is 27.8 Å². The van der Waals surface area contributed by atoms with Crippen molar-refractivity contribution in [3.05, 3.63) is 79.0 Å². The minimum atomic E-state index is -0.110. The van der Waals surface area contributed by atoms with Crippen molar-refractivity contribution in [2.24, 2.45) is 0 Å². The average Bonchev–Trinajstić information content (AvgIpc) is 3.35. The molecule has 0 fully saturated rings. The van der Waals surface area contributed by atoms with Gasteiger partial charge in [0.1, 0.15) is 12.1 Å². The van der Waals surface area contributed by atoms with Crippen LogP contribution < -0.4 is 14.2 Å². The van der Waals surface area contributed by atoms with Crippen molar-refractivity contribution in [1.82, 2.24) is 24.7 Å². The number of pyridine rings is 1. The summed E-state index contributed by atoms with van der Waals surface area (Å²) < 4.78 is 19.1. The number of nitrogens with zero attached hydrogens (tertiary/aromatic N) is 5. The van der Waals surface area contributed by atoms with Gasteiger partial charge in [-0.2, -0.15) is 5.10 Å². The molecule has 0 aliphatic heterocycles. The van der Waals surface area contributed by atoms with Crippen molar-refractivity contribution in [2.45, 2.75) is 26.2 Å². The standard InChI is InChI=1S/C28H27N5O3/c1-28(2,3)26-16-23(33(32-26)19-9-11-29-12-10-19)18-7-6-8-20(13-18)36-27-21-14-24(34-4)25(35-5)15-22(21)30-17-31-27/h6-17H,1-5H3. The fraction of sp³-hybridized carbons (Fsp3) is 0.214. The Bertz CT molecular complexity index is 1520. The van der Waals surface area contributed by atoms with Crippen LogP contribution in [0.15, 0.2) is 73.3 Å². The monoisotopic (exact) mass is 481 g/mol. The smallest absolute Gasteiger partial charge is 0.230 e. The molecule has 8 heteroatoms. The van der Waals surface area contributed by atoms with Crippen molar-refractivity contribution in [3.63, 3.8) is 0 Å². The molecule has 0 spiro atoms. The predicted molar refractivity (Wildman–Crippen MR) is 138 cm³/mol. The molecule has 0 atom stereocenters. The van der Waals surface area contributed by atoms with Crippen LogP contribution in [-0.2, 0) is 5.41 Å². The van der Waals surface area contributed by atoms with Gasteiger partial charge in [0, 0.05) is 29.4 Å². The Morgan fingerprint density at radius 1 is 0.833 bits per heavy atom. The van der Waals surface area contributed by atoms with E-state index in [0.717, 1.165) is 28.0 Å². The molecule has 0 saturated heterocycles. The first-order chi connectivity index (χ1) is 17.4. The van der Waals surface area contributed by atoms with Crippen LogP contribution in [0.1, 0.15) is 26.5 Å². The maximum atomic E-state index is 6.26. The Balaban J connectivity index is 1.57. The largest absolute Gasteiger partial charge is 0.493 e. The molecule has 8 nitrogen and oxygen atoms in total. The van der Waals surface area contributed by atoms with Crippen LogP contribution in [0.3, 0.4) is 0 Å². The third-order valence-electron chi connectivity index (χ3n) is 5.83. The molecular formula is C28H27N5O3. The number of hydrogen-bond donors (Lipinski definition) is 0. The van der Waals surface area contributed by atoms with E-state index in [1.807, 2.05) is 47.1 Å². The summed E-state index contributed by atoms with van der Waals surface area (Å²) in [6, 6.07) is 17.5. The van der Waals surface area contributed by atoms with Crippen LogP contribution in [0.4, 0.5) is 0 Å². The van der Waals surface area contributed by atoms with Gasteiger partial charge in [-0.25, -0.2) is 14.6 Å². The molecule has 0 saturated carbocycles. The Kier molecular flexibility index (Phi) is 6.01. The van der Waals surface area contributed by atoms with Gasteiger partial charge in [0.15, 0.2) is 11.5 Å². The van der Waals surface area contributed by atoms with E-state index >= 15 is 0 Å². The maximum Gasteiger partial charge on any atom is 0.230 e. The lowest BCUT2D eigenvalue weighted by Crippen LogP contribution is -2.12. The number of methoxy groups -OCH3 is 2. The van der Waals surface area contributed by atoms with Crippen molar-refractivity contribution < 1.29 is 14.2 Å². The zero-order valence-electron chi connectivity index (χ0n) is 20.9. The Morgan fingerprint density at radius 3 is 2.31 bits per heavy atom. The molecule has 0 amide bonds. The zero-order valence-corrected chi connectivity index (χ0v) is 20.9. The number of ether oxygens (including phenoxy) is 3. The van der Waals surface area contributed by atoms with Crippen LogP contribution in [-0.4, -0.2) is 39.0 Å². The lowest BCUT2D eigenvalue weighted by atomic mass is 9.92. The van der Waals surface area contributed by atoms with E-state index in [-0.39, 0.29) is 5.41 Å². The Labute approximate surface area is 209 Å². The molecule has 3 heterocycles. The molecule has 0 bridgehead atoms. The van der Waals surface area contributed by atoms with Crippen LogP contribution in [0, 0.1) is 0 Å². The van der Waals surface area contributed by atoms with Gasteiger partial charge in [-0.3, -0.25) is 4.98 Å². The lowest BCUT2D eigenvalue weighted by molar-refractivity contribution is 0.355. The van der Waals surface area contributed by atoms with Gasteiger partial charge in [-0.05, 0) is 36.4 Å². The SMILES string of the molecule is COc1cc2ncnc(Oc3cccc(-c4cc(C(C)(C)C)nn4-c4ccncc4)c3)c2cc1OC. The fourth-order valence-corrected chi connectivity index (χ4v) is 3.91. The first-order valence-corrected chi connectivity index (χ1v) is 11.5. The van der Waals surface area contributed by atoms with Crippen LogP contribution in [0.5, 0.6) is 23.1 Å². The highest BCUT2D eigenvalue weighted by molar-refractivity contribution is 5.87. The molecule has 36 heavy (non-hydrogen) atoms. The number of aromatic nitrogens is 5. The topological polar surface area (TPSA) is 84.2 Å². The van der Waals surface area contributed by atoms with Gasteiger partial charge in [0.05, 0.1) is 42.2 Å². The zero-order chi connectivity index (χ0) is 25.3. The molecular weight excluding hydrogens is 454 g/mol. The maximum absolute atomic E-state index is 6.26. The number of rotatable bonds is 6. The quantitative estimate of drug-likeness (QED) is 0.295. The van der Waals surface area contributed by atoms with Gasteiger partial charge in [0.2, 0.25) is 5.88 Å². The molecule has 0 N–H and O–H groups in total. The third-order valence-corrected chi connectivity index (χ3v) is 5.83. The van der Waals surface area contributed by atoms with Crippen LogP contribution in [0.2, 0.25) is 0 Å². The number of fused-ring (bicyclic) bond motifs is 1. The van der Waals surface area contributed by atoms with Crippen molar-refractivity contribution >= 4 is 10.9 Å². The summed E-state index contributed by atoms with van der Waals surface area (Å²) in [4.78, 5) is 12.9. The van der Waals surface area contributed by atoms with E-state index < -0.39 is 0 Å². The summed E-state index contributed by atoms with van der Waals surface area (Å²) in [5, 5.41) is 5.64. The predicted octanol–water partition coefficient (Wildman–Crippen LogP) is 5.98. The van der Waals surface area contributed by atoms with Crippen molar-refractivity contribution in [2.75, 3.05) is 14.2 Å². The Hall–Kier alpha value is -4.46. The summed E-state index contributed by atoms with van der Waals surface area (Å²) in [5.74, 6) is 2.24. The van der Waals surface area contributed by atoms with Crippen LogP contribution >= 0.6 is 0 Å². The highest BCUT2D eigenvalue weighted by atomic mass is 16.5. The number of benzene rings is 2. The molecule has 5 aromatic rings. The van der Waals surface area contributed by atoms with Gasteiger partial charge >= 0.3 is 0 Å². The van der Waals surface area contributed by atoms with E-state index in [1.165, 1.54) is 6.33 Å². The first-order valence-electron chi connectivity index (χ1n) is 11.5. The fourth-order valence-electron chi connectivity index (χ4n) is 3.91. The van der Waals surface area contributed by atoms with Gasteiger partial charge < -0.3 is 14.2 Å². The normalized spacial score (nSPS) is 11.5. The molecule has 5 rings (SSSR count). The van der Waals surface area contributed by atoms with Gasteiger partial charge in [0.25, 0.3) is 0 Å². The lowest BCUT2D eigenvalue weighted by Gasteiger charge is -2.14. The molecule has 2 aromatic carbocycles. The van der Waals surface area contributed by atoms with E-state index in [1.54, 1.807) is 32.7 Å². The highest BCUT2D eigenvalue weighted by Gasteiger charge is 2.22. The molecule has 182 valence electrons. The minimum Gasteiger partial charge on any atom is -0.493 e. The van der Waals surface area contributed by atoms with Gasteiger partial charge in [-0.1, -0.05) is 32.9 Å². The first kappa shape index (κ1) is 23.3. The van der Waals surface area contributed by atoms with Crippen molar-refractivity contribution in [3.8, 4) is 40.1 Å². The van der Waals surface area contributed by atoms with E-state index in [0.29, 0.717) is 28.6 Å². The van der Waals surface area contributed by atoms with E-state index in [9.17, 15) is 0 Å². The van der Waals surface area contributed by atoms with E-state index in [4.69, 9.17) is 19.3 Å². The molecule has 0 aliphatic carbocycles. The minimum absolute atomic E-state index is 0.110. The summed E-state index contributed by atoms with van der Waals surface area (Å²) in [5.41, 5.74) is 4.43. The molecule has 0 radical (unpaired) electrons.